The zero-order valence-electron chi connectivity index (χ0n) is 13.7. The molecule has 3 aromatic carbocycles. The lowest BCUT2D eigenvalue weighted by Crippen LogP contribution is -2.33. The molecule has 25 heavy (non-hydrogen) atoms. The first-order chi connectivity index (χ1) is 12.2. The van der Waals surface area contributed by atoms with Crippen LogP contribution < -0.4 is 10.1 Å². The first kappa shape index (κ1) is 16.2. The lowest BCUT2D eigenvalue weighted by atomic mass is 9.99. The summed E-state index contributed by atoms with van der Waals surface area (Å²) < 4.78 is 6.68. The van der Waals surface area contributed by atoms with Crippen LogP contribution in [0.15, 0.2) is 65.1 Å². The average molecular weight is 396 g/mol. The van der Waals surface area contributed by atoms with Gasteiger partial charge in [0.25, 0.3) is 0 Å². The molecule has 4 rings (SSSR count). The van der Waals surface area contributed by atoms with Gasteiger partial charge in [0, 0.05) is 16.5 Å². The van der Waals surface area contributed by atoms with Crippen molar-refractivity contribution in [1.29, 1.82) is 0 Å². The lowest BCUT2D eigenvalue weighted by Gasteiger charge is -2.27. The third-order valence-electron chi connectivity index (χ3n) is 4.58. The fourth-order valence-corrected chi connectivity index (χ4v) is 3.76. The van der Waals surface area contributed by atoms with Gasteiger partial charge in [-0.15, -0.1) is 0 Å². The molecule has 1 heterocycles. The summed E-state index contributed by atoms with van der Waals surface area (Å²) >= 11 is 3.50. The fourth-order valence-electron chi connectivity index (χ4n) is 3.38. The zero-order chi connectivity index (χ0) is 17.2. The van der Waals surface area contributed by atoms with Gasteiger partial charge in [-0.1, -0.05) is 58.4 Å². The summed E-state index contributed by atoms with van der Waals surface area (Å²) in [6.07, 6.45) is 1.16. The molecule has 0 aromatic heterocycles. The SMILES string of the molecule is O=C(Cc1cccc2ccccc12)NC1CCOc2ccc(Br)cc21. The van der Waals surface area contributed by atoms with Crippen molar-refractivity contribution in [1.82, 2.24) is 5.32 Å². The predicted molar refractivity (Wildman–Crippen MR) is 103 cm³/mol. The van der Waals surface area contributed by atoms with Crippen LogP contribution in [-0.4, -0.2) is 12.5 Å². The monoisotopic (exact) mass is 395 g/mol. The molecule has 1 aliphatic heterocycles. The fraction of sp³-hybridized carbons (Fsp3) is 0.190. The Morgan fingerprint density at radius 2 is 1.96 bits per heavy atom. The number of nitrogens with one attached hydrogen (secondary N) is 1. The minimum atomic E-state index is -0.0104. The summed E-state index contributed by atoms with van der Waals surface area (Å²) in [4.78, 5) is 12.7. The first-order valence-corrected chi connectivity index (χ1v) is 9.18. The number of rotatable bonds is 3. The minimum Gasteiger partial charge on any atom is -0.493 e. The molecule has 0 fully saturated rings. The molecule has 0 aliphatic carbocycles. The van der Waals surface area contributed by atoms with Crippen LogP contribution in [0.4, 0.5) is 0 Å². The van der Waals surface area contributed by atoms with E-state index in [4.69, 9.17) is 4.74 Å². The van der Waals surface area contributed by atoms with E-state index in [2.05, 4.69) is 39.4 Å². The summed E-state index contributed by atoms with van der Waals surface area (Å²) in [5, 5.41) is 5.47. The van der Waals surface area contributed by atoms with Crippen molar-refractivity contribution in [2.75, 3.05) is 6.61 Å². The Morgan fingerprint density at radius 3 is 2.88 bits per heavy atom. The molecule has 4 heteroatoms. The molecule has 0 spiro atoms. The summed E-state index contributed by atoms with van der Waals surface area (Å²) in [7, 11) is 0. The summed E-state index contributed by atoms with van der Waals surface area (Å²) in [5.74, 6) is 0.888. The lowest BCUT2D eigenvalue weighted by molar-refractivity contribution is -0.121. The van der Waals surface area contributed by atoms with Crippen molar-refractivity contribution in [3.63, 3.8) is 0 Å². The second-order valence-electron chi connectivity index (χ2n) is 6.25. The number of fused-ring (bicyclic) bond motifs is 2. The Bertz CT molecular complexity index is 933. The highest BCUT2D eigenvalue weighted by atomic mass is 79.9. The van der Waals surface area contributed by atoms with Crippen LogP contribution in [0.25, 0.3) is 10.8 Å². The highest BCUT2D eigenvalue weighted by molar-refractivity contribution is 9.10. The molecule has 1 amide bonds. The minimum absolute atomic E-state index is 0.0104. The standard InChI is InChI=1S/C21H18BrNO2/c22-16-8-9-20-18(13-16)19(10-11-25-20)23-21(24)12-15-6-3-5-14-4-1-2-7-17(14)15/h1-9,13,19H,10-12H2,(H,23,24). The first-order valence-electron chi connectivity index (χ1n) is 8.39. The van der Waals surface area contributed by atoms with Gasteiger partial charge in [-0.2, -0.15) is 0 Å². The van der Waals surface area contributed by atoms with Crippen LogP contribution in [0.3, 0.4) is 0 Å². The van der Waals surface area contributed by atoms with Crippen molar-refractivity contribution in [3.8, 4) is 5.75 Å². The molecule has 126 valence electrons. The number of carbonyl (C=O) groups excluding carboxylic acids is 1. The summed E-state index contributed by atoms with van der Waals surface area (Å²) in [6.45, 7) is 0.619. The molecular weight excluding hydrogens is 378 g/mol. The maximum absolute atomic E-state index is 12.7. The van der Waals surface area contributed by atoms with Gasteiger partial charge in [0.2, 0.25) is 5.91 Å². The van der Waals surface area contributed by atoms with Gasteiger partial charge in [-0.25, -0.2) is 0 Å². The predicted octanol–water partition coefficient (Wildman–Crippen LogP) is 4.78. The van der Waals surface area contributed by atoms with Crippen LogP contribution >= 0.6 is 15.9 Å². The molecule has 3 aromatic rings. The molecule has 0 saturated carbocycles. The molecule has 3 nitrogen and oxygen atoms in total. The third-order valence-corrected chi connectivity index (χ3v) is 5.07. The Kier molecular flexibility index (Phi) is 4.45. The number of benzene rings is 3. The van der Waals surface area contributed by atoms with Crippen LogP contribution in [-0.2, 0) is 11.2 Å². The highest BCUT2D eigenvalue weighted by Crippen LogP contribution is 2.34. The van der Waals surface area contributed by atoms with E-state index in [0.29, 0.717) is 13.0 Å². The van der Waals surface area contributed by atoms with Crippen LogP contribution in [0.2, 0.25) is 0 Å². The molecule has 1 atom stereocenters. The number of hydrogen-bond acceptors (Lipinski definition) is 2. The van der Waals surface area contributed by atoms with Crippen molar-refractivity contribution in [3.05, 3.63) is 76.3 Å². The normalized spacial score (nSPS) is 16.1. The number of ether oxygens (including phenoxy) is 1. The van der Waals surface area contributed by atoms with E-state index in [1.807, 2.05) is 42.5 Å². The Morgan fingerprint density at radius 1 is 1.12 bits per heavy atom. The molecule has 1 unspecified atom stereocenters. The van der Waals surface area contributed by atoms with Crippen molar-refractivity contribution < 1.29 is 9.53 Å². The highest BCUT2D eigenvalue weighted by Gasteiger charge is 2.23. The van der Waals surface area contributed by atoms with Gasteiger partial charge in [-0.3, -0.25) is 4.79 Å². The molecule has 0 saturated heterocycles. The Labute approximate surface area is 155 Å². The van der Waals surface area contributed by atoms with E-state index in [0.717, 1.165) is 38.5 Å². The number of hydrogen-bond donors (Lipinski definition) is 1. The van der Waals surface area contributed by atoms with E-state index in [1.54, 1.807) is 0 Å². The maximum atomic E-state index is 12.7. The van der Waals surface area contributed by atoms with Crippen molar-refractivity contribution in [2.45, 2.75) is 18.9 Å². The zero-order valence-corrected chi connectivity index (χ0v) is 15.3. The smallest absolute Gasteiger partial charge is 0.224 e. The summed E-state index contributed by atoms with van der Waals surface area (Å²) in [6, 6.07) is 20.2. The summed E-state index contributed by atoms with van der Waals surface area (Å²) in [5.41, 5.74) is 2.09. The second-order valence-corrected chi connectivity index (χ2v) is 7.17. The van der Waals surface area contributed by atoms with E-state index in [-0.39, 0.29) is 11.9 Å². The van der Waals surface area contributed by atoms with E-state index in [1.165, 1.54) is 0 Å². The number of carbonyl (C=O) groups is 1. The van der Waals surface area contributed by atoms with Crippen LogP contribution in [0.1, 0.15) is 23.6 Å². The topological polar surface area (TPSA) is 38.3 Å². The second kappa shape index (κ2) is 6.89. The van der Waals surface area contributed by atoms with E-state index in [9.17, 15) is 4.79 Å². The maximum Gasteiger partial charge on any atom is 0.224 e. The van der Waals surface area contributed by atoms with Gasteiger partial charge < -0.3 is 10.1 Å². The van der Waals surface area contributed by atoms with Gasteiger partial charge >= 0.3 is 0 Å². The van der Waals surface area contributed by atoms with Gasteiger partial charge in [0.15, 0.2) is 0 Å². The van der Waals surface area contributed by atoms with Gasteiger partial charge in [0.05, 0.1) is 19.1 Å². The third kappa shape index (κ3) is 3.40. The molecule has 1 N–H and O–H groups in total. The van der Waals surface area contributed by atoms with Gasteiger partial charge in [-0.05, 0) is 34.5 Å². The average Bonchev–Trinajstić information content (AvgIpc) is 2.62. The van der Waals surface area contributed by atoms with Crippen molar-refractivity contribution >= 4 is 32.6 Å². The molecule has 0 bridgehead atoms. The molecular formula is C21H18BrNO2. The largest absolute Gasteiger partial charge is 0.493 e. The number of halogens is 1. The molecule has 1 aliphatic rings. The quantitative estimate of drug-likeness (QED) is 0.692. The van der Waals surface area contributed by atoms with E-state index >= 15 is 0 Å². The van der Waals surface area contributed by atoms with Crippen LogP contribution in [0, 0.1) is 0 Å². The van der Waals surface area contributed by atoms with Crippen molar-refractivity contribution in [2.24, 2.45) is 0 Å². The Balaban J connectivity index is 1.54. The van der Waals surface area contributed by atoms with Crippen LogP contribution in [0.5, 0.6) is 5.75 Å². The van der Waals surface area contributed by atoms with E-state index < -0.39 is 0 Å². The van der Waals surface area contributed by atoms with Gasteiger partial charge in [0.1, 0.15) is 5.75 Å². The Hall–Kier alpha value is -2.33. The number of amides is 1. The molecule has 0 radical (unpaired) electrons.